The summed E-state index contributed by atoms with van der Waals surface area (Å²) in [4.78, 5) is 23.5. The monoisotopic (exact) mass is 316 g/mol. The quantitative estimate of drug-likeness (QED) is 0.367. The molecule has 0 unspecified atom stereocenters. The van der Waals surface area contributed by atoms with Gasteiger partial charge in [0, 0.05) is 6.20 Å². The molecule has 0 bridgehead atoms. The summed E-state index contributed by atoms with van der Waals surface area (Å²) in [6.45, 7) is 0. The Morgan fingerprint density at radius 2 is 2.00 bits per heavy atom. The fourth-order valence-electron chi connectivity index (χ4n) is 1.33. The summed E-state index contributed by atoms with van der Waals surface area (Å²) in [7, 11) is 0.714. The number of carbonyl (C=O) groups is 1. The van der Waals surface area contributed by atoms with E-state index in [0.29, 0.717) is 7.11 Å². The van der Waals surface area contributed by atoms with Gasteiger partial charge in [-0.15, -0.1) is 13.2 Å². The van der Waals surface area contributed by atoms with E-state index < -0.39 is 46.4 Å². The fourth-order valence-corrected chi connectivity index (χ4v) is 1.33. The minimum absolute atomic E-state index is 0.172. The molecule has 1 aromatic rings. The second-order valence-corrected chi connectivity index (χ2v) is 3.34. The molecule has 0 aromatic carbocycles. The van der Waals surface area contributed by atoms with Crippen LogP contribution in [0.1, 0.15) is 22.3 Å². The zero-order chi connectivity index (χ0) is 16.4. The van der Waals surface area contributed by atoms with Gasteiger partial charge in [-0.05, 0) is 0 Å². The first-order chi connectivity index (χ1) is 9.58. The normalized spacial score (nSPS) is 11.4. The minimum atomic E-state index is -5.36. The van der Waals surface area contributed by atoms with Crippen LogP contribution in [0.3, 0.4) is 0 Å². The third kappa shape index (κ3) is 3.73. The van der Waals surface area contributed by atoms with Gasteiger partial charge in [0.1, 0.15) is 0 Å². The number of halogens is 5. The van der Waals surface area contributed by atoms with Crippen LogP contribution in [-0.4, -0.2) is 29.3 Å². The van der Waals surface area contributed by atoms with Crippen molar-refractivity contribution in [3.05, 3.63) is 27.4 Å². The van der Waals surface area contributed by atoms with Gasteiger partial charge in [-0.3, -0.25) is 10.1 Å². The van der Waals surface area contributed by atoms with Crippen molar-refractivity contribution in [2.75, 3.05) is 7.11 Å². The number of nitrogens with zero attached hydrogens (tertiary/aromatic N) is 2. The lowest BCUT2D eigenvalue weighted by atomic mass is 10.1. The maximum Gasteiger partial charge on any atom is 0.574 e. The number of esters is 1. The summed E-state index contributed by atoms with van der Waals surface area (Å²) in [5.41, 5.74) is -4.26. The van der Waals surface area contributed by atoms with E-state index in [2.05, 4.69) is 14.5 Å². The zero-order valence-corrected chi connectivity index (χ0v) is 9.98. The predicted molar refractivity (Wildman–Crippen MR) is 53.9 cm³/mol. The molecule has 0 N–H and O–H groups in total. The van der Waals surface area contributed by atoms with E-state index >= 15 is 0 Å². The van der Waals surface area contributed by atoms with Crippen LogP contribution in [0.5, 0.6) is 5.88 Å². The summed E-state index contributed by atoms with van der Waals surface area (Å²) in [6, 6.07) is 0. The molecule has 1 aromatic heterocycles. The van der Waals surface area contributed by atoms with E-state index in [1.54, 1.807) is 0 Å². The molecule has 0 fully saturated rings. The van der Waals surface area contributed by atoms with Crippen molar-refractivity contribution in [1.82, 2.24) is 4.98 Å². The molecule has 1 rings (SSSR count). The zero-order valence-electron chi connectivity index (χ0n) is 9.98. The summed E-state index contributed by atoms with van der Waals surface area (Å²) < 4.78 is 69.1. The van der Waals surface area contributed by atoms with Crippen LogP contribution in [-0.2, 0) is 4.74 Å². The lowest BCUT2D eigenvalue weighted by Crippen LogP contribution is -2.20. The van der Waals surface area contributed by atoms with E-state index in [-0.39, 0.29) is 6.20 Å². The number of carbonyl (C=O) groups excluding carboxylic acids is 1. The average Bonchev–Trinajstić information content (AvgIpc) is 2.34. The Balaban J connectivity index is 3.64. The highest BCUT2D eigenvalue weighted by Gasteiger charge is 2.40. The highest BCUT2D eigenvalue weighted by atomic mass is 19.4. The van der Waals surface area contributed by atoms with Gasteiger partial charge in [0.05, 0.1) is 17.6 Å². The van der Waals surface area contributed by atoms with E-state index in [9.17, 15) is 36.9 Å². The topological polar surface area (TPSA) is 91.6 Å². The molecule has 0 spiro atoms. The average molecular weight is 316 g/mol. The Labute approximate surface area is 112 Å². The fraction of sp³-hybridized carbons (Fsp3) is 0.333. The number of ether oxygens (including phenoxy) is 2. The SMILES string of the molecule is COC(=O)c1c(C(F)F)cnc(OC(F)(F)F)c1[N+](=O)[O-]. The first kappa shape index (κ1) is 16.5. The second-order valence-electron chi connectivity index (χ2n) is 3.34. The van der Waals surface area contributed by atoms with Crippen LogP contribution in [0, 0.1) is 10.1 Å². The Bertz CT molecular complexity index is 574. The van der Waals surface area contributed by atoms with E-state index in [0.717, 1.165) is 0 Å². The number of alkyl halides is 5. The Hall–Kier alpha value is -2.53. The van der Waals surface area contributed by atoms with Crippen LogP contribution in [0.15, 0.2) is 6.20 Å². The number of hydrogen-bond acceptors (Lipinski definition) is 6. The molecule has 116 valence electrons. The maximum absolute atomic E-state index is 12.7. The molecular formula is C9H5F5N2O5. The van der Waals surface area contributed by atoms with Crippen molar-refractivity contribution in [2.45, 2.75) is 12.8 Å². The highest BCUT2D eigenvalue weighted by Crippen LogP contribution is 2.37. The van der Waals surface area contributed by atoms with Gasteiger partial charge in [0.25, 0.3) is 6.43 Å². The Kier molecular flexibility index (Phi) is 4.60. The third-order valence-electron chi connectivity index (χ3n) is 2.07. The molecule has 0 saturated heterocycles. The molecule has 1 heterocycles. The summed E-state index contributed by atoms with van der Waals surface area (Å²) >= 11 is 0. The van der Waals surface area contributed by atoms with Crippen molar-refractivity contribution in [2.24, 2.45) is 0 Å². The summed E-state index contributed by atoms with van der Waals surface area (Å²) in [6.07, 6.45) is -8.59. The molecule has 7 nitrogen and oxygen atoms in total. The Morgan fingerprint density at radius 1 is 1.43 bits per heavy atom. The van der Waals surface area contributed by atoms with Crippen LogP contribution < -0.4 is 4.74 Å². The number of rotatable bonds is 4. The molecule has 0 aliphatic carbocycles. The third-order valence-corrected chi connectivity index (χ3v) is 2.07. The van der Waals surface area contributed by atoms with Crippen molar-refractivity contribution >= 4 is 11.7 Å². The lowest BCUT2D eigenvalue weighted by molar-refractivity contribution is -0.389. The smallest absolute Gasteiger partial charge is 0.465 e. The number of hydrogen-bond donors (Lipinski definition) is 0. The maximum atomic E-state index is 12.7. The summed E-state index contributed by atoms with van der Waals surface area (Å²) in [5, 5.41) is 10.8. The number of nitro groups is 1. The van der Waals surface area contributed by atoms with Gasteiger partial charge in [-0.1, -0.05) is 0 Å². The van der Waals surface area contributed by atoms with Crippen LogP contribution in [0.25, 0.3) is 0 Å². The number of pyridine rings is 1. The molecule has 0 amide bonds. The van der Waals surface area contributed by atoms with Crippen molar-refractivity contribution in [1.29, 1.82) is 0 Å². The highest BCUT2D eigenvalue weighted by molar-refractivity contribution is 5.96. The van der Waals surface area contributed by atoms with Gasteiger partial charge in [-0.2, -0.15) is 0 Å². The molecule has 0 saturated carbocycles. The van der Waals surface area contributed by atoms with Crippen LogP contribution >= 0.6 is 0 Å². The van der Waals surface area contributed by atoms with Gasteiger partial charge in [-0.25, -0.2) is 18.6 Å². The van der Waals surface area contributed by atoms with Gasteiger partial charge < -0.3 is 9.47 Å². The van der Waals surface area contributed by atoms with Crippen LogP contribution in [0.2, 0.25) is 0 Å². The van der Waals surface area contributed by atoms with E-state index in [1.165, 1.54) is 0 Å². The lowest BCUT2D eigenvalue weighted by Gasteiger charge is -2.12. The predicted octanol–water partition coefficient (Wildman–Crippen LogP) is 2.61. The molecule has 21 heavy (non-hydrogen) atoms. The van der Waals surface area contributed by atoms with Gasteiger partial charge in [0.15, 0.2) is 5.56 Å². The van der Waals surface area contributed by atoms with Crippen LogP contribution in [0.4, 0.5) is 27.6 Å². The number of aromatic nitrogens is 1. The standard InChI is InChI=1S/C9H5F5N2O5/c1-20-8(17)4-3(6(10)11)2-15-7(5(4)16(18)19)21-9(12,13)14/h2,6H,1H3. The van der Waals surface area contributed by atoms with Crippen molar-refractivity contribution in [3.63, 3.8) is 0 Å². The first-order valence-corrected chi connectivity index (χ1v) is 4.88. The first-order valence-electron chi connectivity index (χ1n) is 4.88. The van der Waals surface area contributed by atoms with E-state index in [1.807, 2.05) is 0 Å². The molecule has 12 heteroatoms. The van der Waals surface area contributed by atoms with E-state index in [4.69, 9.17) is 0 Å². The largest absolute Gasteiger partial charge is 0.574 e. The van der Waals surface area contributed by atoms with Crippen molar-refractivity contribution < 1.29 is 41.1 Å². The Morgan fingerprint density at radius 3 is 2.38 bits per heavy atom. The molecule has 0 aliphatic rings. The minimum Gasteiger partial charge on any atom is -0.465 e. The second kappa shape index (κ2) is 5.85. The van der Waals surface area contributed by atoms with Gasteiger partial charge in [0.2, 0.25) is 0 Å². The van der Waals surface area contributed by atoms with Crippen molar-refractivity contribution in [3.8, 4) is 5.88 Å². The molecular weight excluding hydrogens is 311 g/mol. The molecule has 0 atom stereocenters. The summed E-state index contributed by atoms with van der Waals surface area (Å²) in [5.74, 6) is -3.26. The molecule has 0 aliphatic heterocycles. The number of methoxy groups -OCH3 is 1. The van der Waals surface area contributed by atoms with Gasteiger partial charge >= 0.3 is 23.9 Å². The molecule has 0 radical (unpaired) electrons.